The SMILES string of the molecule is CCCCOc1ccc(C2CC(=O)C3=C(C2)c2c(ccc4ccccc24)NC3c2ccc3c(c2)OCO3)cc1. The van der Waals surface area contributed by atoms with Crippen molar-refractivity contribution in [3.8, 4) is 17.2 Å². The van der Waals surface area contributed by atoms with Gasteiger partial charge < -0.3 is 19.5 Å². The van der Waals surface area contributed by atoms with Crippen LogP contribution >= 0.6 is 0 Å². The number of allylic oxidation sites excluding steroid dienone is 1. The molecule has 0 radical (unpaired) electrons. The van der Waals surface area contributed by atoms with E-state index in [0.717, 1.165) is 71.1 Å². The number of Topliss-reactive ketones (excluding diaryl/α,β-unsaturated/α-hetero) is 1. The first-order valence-electron chi connectivity index (χ1n) is 13.9. The van der Waals surface area contributed by atoms with Gasteiger partial charge in [0.25, 0.3) is 0 Å². The zero-order valence-corrected chi connectivity index (χ0v) is 22.0. The number of carbonyl (C=O) groups is 1. The molecule has 0 fully saturated rings. The summed E-state index contributed by atoms with van der Waals surface area (Å²) in [5.41, 5.74) is 6.41. The maximum absolute atomic E-state index is 14.0. The van der Waals surface area contributed by atoms with Crippen molar-refractivity contribution in [3.05, 3.63) is 101 Å². The van der Waals surface area contributed by atoms with Gasteiger partial charge in [0.2, 0.25) is 6.79 Å². The number of nitrogens with one attached hydrogen (secondary N) is 1. The van der Waals surface area contributed by atoms with Crippen molar-refractivity contribution < 1.29 is 19.0 Å². The predicted molar refractivity (Wildman–Crippen MR) is 154 cm³/mol. The molecule has 5 heteroatoms. The van der Waals surface area contributed by atoms with Gasteiger partial charge in [-0.25, -0.2) is 0 Å². The topological polar surface area (TPSA) is 56.8 Å². The van der Waals surface area contributed by atoms with Crippen molar-refractivity contribution in [2.45, 2.75) is 44.6 Å². The lowest BCUT2D eigenvalue weighted by Crippen LogP contribution is -2.29. The lowest BCUT2D eigenvalue weighted by atomic mass is 9.71. The van der Waals surface area contributed by atoms with Crippen LogP contribution in [0.4, 0.5) is 5.69 Å². The van der Waals surface area contributed by atoms with Crippen LogP contribution in [0.25, 0.3) is 16.3 Å². The number of hydrogen-bond donors (Lipinski definition) is 1. The van der Waals surface area contributed by atoms with Gasteiger partial charge in [0.15, 0.2) is 17.3 Å². The fraction of sp³-hybridized carbons (Fsp3) is 0.265. The molecule has 0 amide bonds. The zero-order chi connectivity index (χ0) is 26.3. The van der Waals surface area contributed by atoms with E-state index in [1.54, 1.807) is 0 Å². The smallest absolute Gasteiger partial charge is 0.231 e. The fourth-order valence-electron chi connectivity index (χ4n) is 6.20. The molecular weight excluding hydrogens is 486 g/mol. The molecule has 2 unspecified atom stereocenters. The fourth-order valence-corrected chi connectivity index (χ4v) is 6.20. The Morgan fingerprint density at radius 1 is 0.897 bits per heavy atom. The Kier molecular flexibility index (Phi) is 5.99. The minimum atomic E-state index is -0.244. The van der Waals surface area contributed by atoms with Crippen molar-refractivity contribution in [1.82, 2.24) is 0 Å². The lowest BCUT2D eigenvalue weighted by molar-refractivity contribution is -0.116. The predicted octanol–water partition coefficient (Wildman–Crippen LogP) is 7.81. The molecule has 5 nitrogen and oxygen atoms in total. The van der Waals surface area contributed by atoms with E-state index >= 15 is 0 Å². The number of carbonyl (C=O) groups excluding carboxylic acids is 1. The second-order valence-electron chi connectivity index (χ2n) is 10.6. The molecule has 0 spiro atoms. The van der Waals surface area contributed by atoms with E-state index in [1.807, 2.05) is 30.3 Å². The average molecular weight is 518 g/mol. The van der Waals surface area contributed by atoms with Crippen LogP contribution in [0.15, 0.2) is 84.4 Å². The Labute approximate surface area is 228 Å². The van der Waals surface area contributed by atoms with Gasteiger partial charge in [-0.1, -0.05) is 61.9 Å². The summed E-state index contributed by atoms with van der Waals surface area (Å²) < 4.78 is 17.1. The van der Waals surface area contributed by atoms with E-state index in [1.165, 1.54) is 16.3 Å². The molecule has 2 heterocycles. The number of benzene rings is 4. The molecule has 3 aliphatic rings. The van der Waals surface area contributed by atoms with Crippen molar-refractivity contribution in [2.24, 2.45) is 0 Å². The first kappa shape index (κ1) is 23.8. The second-order valence-corrected chi connectivity index (χ2v) is 10.6. The van der Waals surface area contributed by atoms with Crippen LogP contribution in [0.3, 0.4) is 0 Å². The summed E-state index contributed by atoms with van der Waals surface area (Å²) in [4.78, 5) is 14.0. The van der Waals surface area contributed by atoms with Gasteiger partial charge in [0, 0.05) is 23.2 Å². The van der Waals surface area contributed by atoms with E-state index in [9.17, 15) is 4.79 Å². The third kappa shape index (κ3) is 4.22. The third-order valence-corrected chi connectivity index (χ3v) is 8.18. The van der Waals surface area contributed by atoms with E-state index in [2.05, 4.69) is 60.8 Å². The molecule has 4 aromatic carbocycles. The molecule has 4 aromatic rings. The van der Waals surface area contributed by atoms with Crippen LogP contribution in [0.1, 0.15) is 61.3 Å². The first-order valence-corrected chi connectivity index (χ1v) is 13.9. The molecule has 0 saturated carbocycles. The van der Waals surface area contributed by atoms with Gasteiger partial charge in [-0.05, 0) is 76.6 Å². The second kappa shape index (κ2) is 9.81. The minimum absolute atomic E-state index is 0.114. The zero-order valence-electron chi connectivity index (χ0n) is 22.0. The number of ketones is 1. The summed E-state index contributed by atoms with van der Waals surface area (Å²) in [6.07, 6.45) is 3.44. The molecule has 196 valence electrons. The van der Waals surface area contributed by atoms with Gasteiger partial charge in [-0.2, -0.15) is 0 Å². The van der Waals surface area contributed by atoms with Crippen molar-refractivity contribution >= 4 is 27.8 Å². The van der Waals surface area contributed by atoms with Gasteiger partial charge in [0.1, 0.15) is 5.75 Å². The Morgan fingerprint density at radius 2 is 1.72 bits per heavy atom. The van der Waals surface area contributed by atoms with Crippen molar-refractivity contribution in [1.29, 1.82) is 0 Å². The Balaban J connectivity index is 1.31. The Bertz CT molecular complexity index is 1600. The molecular formula is C34H31NO4. The van der Waals surface area contributed by atoms with Crippen LogP contribution in [0.2, 0.25) is 0 Å². The minimum Gasteiger partial charge on any atom is -0.494 e. The highest BCUT2D eigenvalue weighted by Gasteiger charge is 2.39. The van der Waals surface area contributed by atoms with Crippen molar-refractivity contribution in [2.75, 3.05) is 18.7 Å². The highest BCUT2D eigenvalue weighted by molar-refractivity contribution is 6.13. The van der Waals surface area contributed by atoms with Crippen LogP contribution < -0.4 is 19.5 Å². The maximum Gasteiger partial charge on any atom is 0.231 e. The van der Waals surface area contributed by atoms with Crippen LogP contribution in [0, 0.1) is 0 Å². The summed E-state index contributed by atoms with van der Waals surface area (Å²) in [6, 6.07) is 26.8. The van der Waals surface area contributed by atoms with Gasteiger partial charge >= 0.3 is 0 Å². The third-order valence-electron chi connectivity index (χ3n) is 8.18. The molecule has 39 heavy (non-hydrogen) atoms. The quantitative estimate of drug-likeness (QED) is 0.264. The van der Waals surface area contributed by atoms with Gasteiger partial charge in [0.05, 0.1) is 12.6 Å². The lowest BCUT2D eigenvalue weighted by Gasteiger charge is -2.37. The molecule has 0 saturated heterocycles. The highest BCUT2D eigenvalue weighted by atomic mass is 16.7. The molecule has 1 N–H and O–H groups in total. The standard InChI is InChI=1S/C34H31NO4/c1-2-3-16-37-25-12-8-21(9-13-25)24-17-27-32-26-7-5-4-6-22(26)10-14-28(32)35-34(33(27)29(36)18-24)23-11-15-30-31(19-23)39-20-38-30/h4-15,19,24,34-35H,2-3,16-18,20H2,1H3. The van der Waals surface area contributed by atoms with Gasteiger partial charge in [-0.3, -0.25) is 4.79 Å². The maximum atomic E-state index is 14.0. The molecule has 2 aliphatic heterocycles. The van der Waals surface area contributed by atoms with E-state index in [4.69, 9.17) is 14.2 Å². The largest absolute Gasteiger partial charge is 0.494 e. The number of unbranched alkanes of at least 4 members (excludes halogenated alkanes) is 1. The monoisotopic (exact) mass is 517 g/mol. The van der Waals surface area contributed by atoms with Crippen molar-refractivity contribution in [3.63, 3.8) is 0 Å². The molecule has 0 bridgehead atoms. The Hall–Kier alpha value is -4.25. The molecule has 0 aromatic heterocycles. The summed E-state index contributed by atoms with van der Waals surface area (Å²) in [6.45, 7) is 3.11. The number of ether oxygens (including phenoxy) is 3. The van der Waals surface area contributed by atoms with Crippen LogP contribution in [0.5, 0.6) is 17.2 Å². The highest BCUT2D eigenvalue weighted by Crippen LogP contribution is 2.51. The van der Waals surface area contributed by atoms with Crippen LogP contribution in [-0.2, 0) is 4.79 Å². The van der Waals surface area contributed by atoms with Gasteiger partial charge in [-0.15, -0.1) is 0 Å². The normalized spacial score (nSPS) is 19.5. The first-order chi connectivity index (χ1) is 19.2. The number of rotatable bonds is 6. The summed E-state index contributed by atoms with van der Waals surface area (Å²) >= 11 is 0. The summed E-state index contributed by atoms with van der Waals surface area (Å²) in [5, 5.41) is 6.07. The number of anilines is 1. The molecule has 7 rings (SSSR count). The number of fused-ring (bicyclic) bond motifs is 5. The summed E-state index contributed by atoms with van der Waals surface area (Å²) in [7, 11) is 0. The van der Waals surface area contributed by atoms with E-state index < -0.39 is 0 Å². The number of hydrogen-bond acceptors (Lipinski definition) is 5. The molecule has 1 aliphatic carbocycles. The van der Waals surface area contributed by atoms with E-state index in [0.29, 0.717) is 6.42 Å². The van der Waals surface area contributed by atoms with Crippen LogP contribution in [-0.4, -0.2) is 19.2 Å². The summed E-state index contributed by atoms with van der Waals surface area (Å²) in [5.74, 6) is 2.66. The molecule has 2 atom stereocenters. The Morgan fingerprint density at radius 3 is 2.59 bits per heavy atom. The average Bonchev–Trinajstić information content (AvgIpc) is 3.45. The van der Waals surface area contributed by atoms with E-state index in [-0.39, 0.29) is 24.5 Å².